The molecule has 1 aromatic carbocycles. The van der Waals surface area contributed by atoms with E-state index in [9.17, 15) is 19.8 Å². The van der Waals surface area contributed by atoms with Gasteiger partial charge in [-0.05, 0) is 42.0 Å². The number of furan rings is 1. The highest BCUT2D eigenvalue weighted by Crippen LogP contribution is 2.75. The Morgan fingerprint density at radius 1 is 0.978 bits per heavy atom. The quantitative estimate of drug-likeness (QED) is 0.259. The van der Waals surface area contributed by atoms with Gasteiger partial charge in [0.15, 0.2) is 0 Å². The van der Waals surface area contributed by atoms with Crippen LogP contribution in [0.4, 0.5) is 0 Å². The summed E-state index contributed by atoms with van der Waals surface area (Å²) >= 11 is 0. The fourth-order valence-corrected chi connectivity index (χ4v) is 10.8. The van der Waals surface area contributed by atoms with Gasteiger partial charge >= 0.3 is 11.9 Å². The molecule has 4 aliphatic carbocycles. The first kappa shape index (κ1) is 30.5. The lowest BCUT2D eigenvalue weighted by atomic mass is 9.36. The Morgan fingerprint density at radius 2 is 1.73 bits per heavy atom. The normalized spacial score (nSPS) is 44.9. The fourth-order valence-electron chi connectivity index (χ4n) is 10.8. The van der Waals surface area contributed by atoms with E-state index >= 15 is 0 Å². The van der Waals surface area contributed by atoms with Gasteiger partial charge in [0.1, 0.15) is 12.2 Å². The van der Waals surface area contributed by atoms with E-state index in [1.807, 2.05) is 43.3 Å². The van der Waals surface area contributed by atoms with Crippen molar-refractivity contribution in [3.05, 3.63) is 77.8 Å². The lowest BCUT2D eigenvalue weighted by Gasteiger charge is -2.69. The van der Waals surface area contributed by atoms with Crippen LogP contribution in [0.5, 0.6) is 0 Å². The summed E-state index contributed by atoms with van der Waals surface area (Å²) in [6.07, 6.45) is 6.85. The molecule has 45 heavy (non-hydrogen) atoms. The first-order chi connectivity index (χ1) is 21.4. The smallest absolute Gasteiger partial charge is 0.331 e. The van der Waals surface area contributed by atoms with Crippen LogP contribution in [-0.2, 0) is 23.8 Å². The highest BCUT2D eigenvalue weighted by Gasteiger charge is 2.78. The fraction of sp³-hybridized carbons (Fsp3) is 0.568. The van der Waals surface area contributed by atoms with Gasteiger partial charge in [0.2, 0.25) is 0 Å². The second-order valence-electron chi connectivity index (χ2n) is 14.9. The van der Waals surface area contributed by atoms with Crippen molar-refractivity contribution >= 4 is 18.0 Å². The van der Waals surface area contributed by atoms with E-state index in [0.29, 0.717) is 19.4 Å². The maximum Gasteiger partial charge on any atom is 0.331 e. The molecule has 8 heteroatoms. The summed E-state index contributed by atoms with van der Waals surface area (Å²) in [5.74, 6) is -1.40. The number of carbonyl (C=O) groups excluding carboxylic acids is 2. The third kappa shape index (κ3) is 4.14. The Morgan fingerprint density at radius 3 is 2.42 bits per heavy atom. The second kappa shape index (κ2) is 10.4. The van der Waals surface area contributed by atoms with Gasteiger partial charge in [0.25, 0.3) is 0 Å². The van der Waals surface area contributed by atoms with Gasteiger partial charge in [-0.2, -0.15) is 0 Å². The maximum atomic E-state index is 13.4. The number of rotatable bonds is 5. The van der Waals surface area contributed by atoms with Crippen molar-refractivity contribution in [2.24, 2.45) is 33.5 Å². The Balaban J connectivity index is 1.33. The molecule has 3 saturated carbocycles. The lowest BCUT2D eigenvalue weighted by Crippen LogP contribution is -2.74. The molecule has 7 rings (SSSR count). The van der Waals surface area contributed by atoms with E-state index in [1.54, 1.807) is 18.6 Å². The van der Waals surface area contributed by atoms with Gasteiger partial charge in [-0.3, -0.25) is 4.79 Å². The summed E-state index contributed by atoms with van der Waals surface area (Å²) < 4.78 is 24.5. The van der Waals surface area contributed by atoms with E-state index in [0.717, 1.165) is 16.7 Å². The number of hydrogen-bond acceptors (Lipinski definition) is 8. The van der Waals surface area contributed by atoms with Gasteiger partial charge < -0.3 is 28.8 Å². The van der Waals surface area contributed by atoms with Crippen molar-refractivity contribution in [3.8, 4) is 0 Å². The Kier molecular flexibility index (Phi) is 7.04. The summed E-state index contributed by atoms with van der Waals surface area (Å²) in [5, 5.41) is 24.0. The van der Waals surface area contributed by atoms with Crippen LogP contribution in [0.15, 0.2) is 71.1 Å². The minimum Gasteiger partial charge on any atom is -0.472 e. The molecule has 1 unspecified atom stereocenters. The molecular formula is C37H44O8. The van der Waals surface area contributed by atoms with Crippen molar-refractivity contribution in [1.82, 2.24) is 0 Å². The molecule has 4 fully saturated rings. The number of allylic oxidation sites excluding steroid dienone is 1. The van der Waals surface area contributed by atoms with Gasteiger partial charge in [0.05, 0.1) is 37.4 Å². The molecule has 1 aromatic heterocycles. The zero-order valence-electron chi connectivity index (χ0n) is 26.6. The molecule has 0 bridgehead atoms. The van der Waals surface area contributed by atoms with E-state index in [4.69, 9.17) is 18.6 Å². The monoisotopic (exact) mass is 616 g/mol. The molecule has 1 aliphatic heterocycles. The van der Waals surface area contributed by atoms with Crippen molar-refractivity contribution < 1.29 is 38.4 Å². The maximum absolute atomic E-state index is 13.4. The number of esters is 2. The minimum absolute atomic E-state index is 0.00852. The van der Waals surface area contributed by atoms with Crippen LogP contribution in [-0.4, -0.2) is 59.3 Å². The number of aliphatic hydroxyl groups excluding tert-OH is 2. The van der Waals surface area contributed by atoms with Gasteiger partial charge in [0, 0.05) is 52.9 Å². The summed E-state index contributed by atoms with van der Waals surface area (Å²) in [4.78, 5) is 26.1. The lowest BCUT2D eigenvalue weighted by molar-refractivity contribution is -0.268. The second-order valence-corrected chi connectivity index (χ2v) is 14.9. The van der Waals surface area contributed by atoms with Crippen LogP contribution >= 0.6 is 0 Å². The van der Waals surface area contributed by atoms with Gasteiger partial charge in [-0.25, -0.2) is 4.79 Å². The van der Waals surface area contributed by atoms with E-state index < -0.39 is 58.1 Å². The third-order valence-corrected chi connectivity index (χ3v) is 12.9. The first-order valence-corrected chi connectivity index (χ1v) is 16.2. The van der Waals surface area contributed by atoms with Gasteiger partial charge in [-0.1, -0.05) is 69.7 Å². The SMILES string of the molecule is CC(=O)OC1C[C@H]2[C@](C)(C3=CC[C@@H](c4ccoc4)[C@@]31C)[C@H](O)[C@@H]1OC[C@]3(C)[C@H](O)C[C@H](OC(=O)/C=C/c4ccccc4)[C@@]2(C)[C@@H]13. The standard InChI is InChI=1S/C37H44O8/c1-21(38)44-28-17-26-36(4,25-13-12-24(35(25,28)3)23-15-16-42-19-23)33(41)31-32-34(2,20-43-31)27(39)18-29(37(26,32)5)45-30(40)14-11-22-9-7-6-8-10-22/h6-11,13-16,19,24,26-29,31-33,39,41H,12,17-18,20H2,1-5H3/b14-11+/t24-,26-,27+,28?,29-,31+,32-,33+,34+,35-,36-,37-/m0/s1. The molecule has 1 saturated heterocycles. The zero-order valence-corrected chi connectivity index (χ0v) is 26.6. The molecule has 8 nitrogen and oxygen atoms in total. The average Bonchev–Trinajstić information content (AvgIpc) is 3.74. The number of carbonyl (C=O) groups is 2. The van der Waals surface area contributed by atoms with Gasteiger partial charge in [-0.15, -0.1) is 0 Å². The van der Waals surface area contributed by atoms with Crippen LogP contribution in [0, 0.1) is 33.5 Å². The number of fused-ring (bicyclic) bond motifs is 4. The molecule has 5 aliphatic rings. The predicted molar refractivity (Wildman–Crippen MR) is 165 cm³/mol. The predicted octanol–water partition coefficient (Wildman–Crippen LogP) is 5.45. The molecule has 0 spiro atoms. The van der Waals surface area contributed by atoms with Crippen LogP contribution < -0.4 is 0 Å². The molecule has 0 amide bonds. The Bertz CT molecular complexity index is 1530. The molecule has 2 aromatic rings. The van der Waals surface area contributed by atoms with Crippen LogP contribution in [0.25, 0.3) is 6.08 Å². The largest absolute Gasteiger partial charge is 0.472 e. The highest BCUT2D eigenvalue weighted by atomic mass is 16.6. The highest BCUT2D eigenvalue weighted by molar-refractivity contribution is 5.87. The molecule has 2 heterocycles. The summed E-state index contributed by atoms with van der Waals surface area (Å²) in [7, 11) is 0. The van der Waals surface area contributed by atoms with Crippen LogP contribution in [0.3, 0.4) is 0 Å². The van der Waals surface area contributed by atoms with Crippen LogP contribution in [0.2, 0.25) is 0 Å². The number of ether oxygens (including phenoxy) is 3. The van der Waals surface area contributed by atoms with Crippen molar-refractivity contribution in [2.75, 3.05) is 6.61 Å². The molecule has 0 radical (unpaired) electrons. The minimum atomic E-state index is -0.881. The molecular weight excluding hydrogens is 572 g/mol. The first-order valence-electron chi connectivity index (χ1n) is 16.2. The van der Waals surface area contributed by atoms with Crippen molar-refractivity contribution in [2.45, 2.75) is 90.3 Å². The molecule has 12 atom stereocenters. The number of benzene rings is 1. The Hall–Kier alpha value is -3.20. The number of hydrogen-bond donors (Lipinski definition) is 2. The van der Waals surface area contributed by atoms with E-state index in [2.05, 4.69) is 26.8 Å². The van der Waals surface area contributed by atoms with Crippen molar-refractivity contribution in [1.29, 1.82) is 0 Å². The van der Waals surface area contributed by atoms with Crippen LogP contribution in [0.1, 0.15) is 70.9 Å². The third-order valence-electron chi connectivity index (χ3n) is 12.9. The van der Waals surface area contributed by atoms with Crippen molar-refractivity contribution in [3.63, 3.8) is 0 Å². The molecule has 2 N–H and O–H groups in total. The zero-order chi connectivity index (χ0) is 31.9. The summed E-state index contributed by atoms with van der Waals surface area (Å²) in [6, 6.07) is 11.5. The summed E-state index contributed by atoms with van der Waals surface area (Å²) in [5.41, 5.74) is 0.210. The van der Waals surface area contributed by atoms with E-state index in [-0.39, 0.29) is 30.1 Å². The number of aliphatic hydroxyl groups is 2. The molecule has 240 valence electrons. The van der Waals surface area contributed by atoms with E-state index in [1.165, 1.54) is 13.0 Å². The topological polar surface area (TPSA) is 115 Å². The average molecular weight is 617 g/mol. The summed E-state index contributed by atoms with van der Waals surface area (Å²) in [6.45, 7) is 10.2. The Labute approximate surface area is 264 Å².